The zero-order valence-electron chi connectivity index (χ0n) is 10.5. The van der Waals surface area contributed by atoms with Gasteiger partial charge in [0, 0.05) is 19.3 Å². The highest BCUT2D eigenvalue weighted by Gasteiger charge is 2.09. The van der Waals surface area contributed by atoms with Gasteiger partial charge in [-0.1, -0.05) is 18.2 Å². The van der Waals surface area contributed by atoms with Crippen molar-refractivity contribution in [3.63, 3.8) is 0 Å². The van der Waals surface area contributed by atoms with E-state index in [1.807, 2.05) is 31.3 Å². The maximum Gasteiger partial charge on any atom is 0.163 e. The van der Waals surface area contributed by atoms with Gasteiger partial charge >= 0.3 is 0 Å². The van der Waals surface area contributed by atoms with Gasteiger partial charge in [0.1, 0.15) is 12.1 Å². The zero-order chi connectivity index (χ0) is 13.2. The number of nitrogens with two attached hydrogens (primary N) is 1. The summed E-state index contributed by atoms with van der Waals surface area (Å²) in [6, 6.07) is 7.90. The van der Waals surface area contributed by atoms with Gasteiger partial charge in [-0.05, 0) is 11.6 Å². The molecule has 6 nitrogen and oxygen atoms in total. The van der Waals surface area contributed by atoms with E-state index in [0.29, 0.717) is 6.54 Å². The lowest BCUT2D eigenvalue weighted by molar-refractivity contribution is 0.785. The number of hydrogen-bond donors (Lipinski definition) is 2. The minimum absolute atomic E-state index is 0.477. The number of aryl methyl sites for hydroxylation is 1. The van der Waals surface area contributed by atoms with Crippen LogP contribution in [0, 0.1) is 0 Å². The molecule has 2 aromatic heterocycles. The smallest absolute Gasteiger partial charge is 0.163 e. The summed E-state index contributed by atoms with van der Waals surface area (Å²) in [5.74, 6) is 0.735. The number of nitrogens with one attached hydrogen (secondary N) is 1. The van der Waals surface area contributed by atoms with Gasteiger partial charge in [-0.3, -0.25) is 4.68 Å². The Kier molecular flexibility index (Phi) is 2.85. The molecule has 3 N–H and O–H groups in total. The molecule has 6 heteroatoms. The predicted octanol–water partition coefficient (Wildman–Crippen LogP) is 1.57. The highest BCUT2D eigenvalue weighted by molar-refractivity contribution is 5.88. The third kappa shape index (κ3) is 2.02. The topological polar surface area (TPSA) is 81.7 Å². The lowest BCUT2D eigenvalue weighted by Gasteiger charge is -2.10. The van der Waals surface area contributed by atoms with Gasteiger partial charge in [0.25, 0.3) is 0 Å². The monoisotopic (exact) mass is 254 g/mol. The standard InChI is InChI=1S/C13H14N6/c1-19-13-10(7-17-19)12(15-8-16-13)18-11-5-3-2-4-9(11)6-14/h2-5,7-8H,6,14H2,1H3,(H,15,16,18). The number of benzene rings is 1. The second kappa shape index (κ2) is 4.66. The predicted molar refractivity (Wildman–Crippen MR) is 73.9 cm³/mol. The van der Waals surface area contributed by atoms with Crippen molar-refractivity contribution in [2.24, 2.45) is 12.8 Å². The van der Waals surface area contributed by atoms with Crippen molar-refractivity contribution in [1.82, 2.24) is 19.7 Å². The van der Waals surface area contributed by atoms with Crippen LogP contribution in [0.1, 0.15) is 5.56 Å². The minimum atomic E-state index is 0.477. The minimum Gasteiger partial charge on any atom is -0.339 e. The van der Waals surface area contributed by atoms with Crippen LogP contribution in [-0.2, 0) is 13.6 Å². The second-order valence-electron chi connectivity index (χ2n) is 4.21. The van der Waals surface area contributed by atoms with E-state index in [4.69, 9.17) is 5.73 Å². The highest BCUT2D eigenvalue weighted by Crippen LogP contribution is 2.24. The summed E-state index contributed by atoms with van der Waals surface area (Å²) in [5, 5.41) is 8.37. The van der Waals surface area contributed by atoms with Crippen molar-refractivity contribution >= 4 is 22.5 Å². The molecule has 0 saturated heterocycles. The van der Waals surface area contributed by atoms with E-state index in [1.165, 1.54) is 6.33 Å². The van der Waals surface area contributed by atoms with Crippen molar-refractivity contribution in [2.45, 2.75) is 6.54 Å². The average molecular weight is 254 g/mol. The fourth-order valence-electron chi connectivity index (χ4n) is 2.01. The first-order chi connectivity index (χ1) is 9.29. The van der Waals surface area contributed by atoms with Crippen LogP contribution < -0.4 is 11.1 Å². The van der Waals surface area contributed by atoms with Gasteiger partial charge in [0.2, 0.25) is 0 Å². The normalized spacial score (nSPS) is 10.8. The van der Waals surface area contributed by atoms with E-state index >= 15 is 0 Å². The SMILES string of the molecule is Cn1ncc2c(Nc3ccccc3CN)ncnc21. The molecule has 3 aromatic rings. The third-order valence-electron chi connectivity index (χ3n) is 3.02. The molecule has 0 fully saturated rings. The van der Waals surface area contributed by atoms with Crippen LogP contribution in [0.15, 0.2) is 36.8 Å². The summed E-state index contributed by atoms with van der Waals surface area (Å²) in [5.41, 5.74) is 8.52. The molecular formula is C13H14N6. The van der Waals surface area contributed by atoms with Crippen LogP contribution in [0.3, 0.4) is 0 Å². The summed E-state index contributed by atoms with van der Waals surface area (Å²) in [7, 11) is 1.85. The molecular weight excluding hydrogens is 240 g/mol. The number of fused-ring (bicyclic) bond motifs is 1. The largest absolute Gasteiger partial charge is 0.339 e. The van der Waals surface area contributed by atoms with Crippen molar-refractivity contribution < 1.29 is 0 Å². The molecule has 0 radical (unpaired) electrons. The Morgan fingerprint density at radius 2 is 2.11 bits per heavy atom. The lowest BCUT2D eigenvalue weighted by Crippen LogP contribution is -2.03. The number of hydrogen-bond acceptors (Lipinski definition) is 5. The molecule has 0 aliphatic heterocycles. The molecule has 0 bridgehead atoms. The summed E-state index contributed by atoms with van der Waals surface area (Å²) in [6.07, 6.45) is 3.28. The molecule has 2 heterocycles. The highest BCUT2D eigenvalue weighted by atomic mass is 15.3. The molecule has 0 aliphatic rings. The molecule has 0 saturated carbocycles. The van der Waals surface area contributed by atoms with E-state index in [2.05, 4.69) is 20.4 Å². The fourth-order valence-corrected chi connectivity index (χ4v) is 2.01. The number of para-hydroxylation sites is 1. The van der Waals surface area contributed by atoms with Crippen LogP contribution >= 0.6 is 0 Å². The first-order valence-corrected chi connectivity index (χ1v) is 5.97. The van der Waals surface area contributed by atoms with Crippen LogP contribution in [-0.4, -0.2) is 19.7 Å². The van der Waals surface area contributed by atoms with Crippen LogP contribution in [0.5, 0.6) is 0 Å². The van der Waals surface area contributed by atoms with Gasteiger partial charge < -0.3 is 11.1 Å². The number of rotatable bonds is 3. The van der Waals surface area contributed by atoms with E-state index in [1.54, 1.807) is 10.9 Å². The maximum atomic E-state index is 5.73. The van der Waals surface area contributed by atoms with E-state index in [9.17, 15) is 0 Å². The molecule has 19 heavy (non-hydrogen) atoms. The summed E-state index contributed by atoms with van der Waals surface area (Å²) in [4.78, 5) is 8.48. The number of nitrogens with zero attached hydrogens (tertiary/aromatic N) is 4. The third-order valence-corrected chi connectivity index (χ3v) is 3.02. The summed E-state index contributed by atoms with van der Waals surface area (Å²) in [6.45, 7) is 0.477. The summed E-state index contributed by atoms with van der Waals surface area (Å²) >= 11 is 0. The zero-order valence-corrected chi connectivity index (χ0v) is 10.5. The van der Waals surface area contributed by atoms with Crippen LogP contribution in [0.4, 0.5) is 11.5 Å². The Morgan fingerprint density at radius 1 is 1.26 bits per heavy atom. The fraction of sp³-hybridized carbons (Fsp3) is 0.154. The molecule has 96 valence electrons. The van der Waals surface area contributed by atoms with Crippen molar-refractivity contribution in [3.05, 3.63) is 42.4 Å². The van der Waals surface area contributed by atoms with E-state index < -0.39 is 0 Å². The van der Waals surface area contributed by atoms with Gasteiger partial charge in [-0.2, -0.15) is 5.10 Å². The lowest BCUT2D eigenvalue weighted by atomic mass is 10.2. The number of aromatic nitrogens is 4. The Labute approximate surface area is 110 Å². The maximum absolute atomic E-state index is 5.73. The molecule has 3 rings (SSSR count). The quantitative estimate of drug-likeness (QED) is 0.741. The molecule has 0 spiro atoms. The Hall–Kier alpha value is -2.47. The molecule has 1 aromatic carbocycles. The van der Waals surface area contributed by atoms with Crippen molar-refractivity contribution in [1.29, 1.82) is 0 Å². The second-order valence-corrected chi connectivity index (χ2v) is 4.21. The van der Waals surface area contributed by atoms with Gasteiger partial charge in [-0.15, -0.1) is 0 Å². The van der Waals surface area contributed by atoms with Gasteiger partial charge in [0.05, 0.1) is 11.6 Å². The van der Waals surface area contributed by atoms with Crippen LogP contribution in [0.25, 0.3) is 11.0 Å². The van der Waals surface area contributed by atoms with Crippen molar-refractivity contribution in [3.8, 4) is 0 Å². The van der Waals surface area contributed by atoms with E-state index in [-0.39, 0.29) is 0 Å². The first kappa shape index (κ1) is 11.6. The van der Waals surface area contributed by atoms with Crippen molar-refractivity contribution in [2.75, 3.05) is 5.32 Å². The Balaban J connectivity index is 2.06. The number of anilines is 2. The average Bonchev–Trinajstić information content (AvgIpc) is 2.82. The van der Waals surface area contributed by atoms with Gasteiger partial charge in [0.15, 0.2) is 5.65 Å². The van der Waals surface area contributed by atoms with Crippen LogP contribution in [0.2, 0.25) is 0 Å². The molecule has 0 atom stereocenters. The van der Waals surface area contributed by atoms with E-state index in [0.717, 1.165) is 28.1 Å². The van der Waals surface area contributed by atoms with Gasteiger partial charge in [-0.25, -0.2) is 9.97 Å². The molecule has 0 unspecified atom stereocenters. The first-order valence-electron chi connectivity index (χ1n) is 5.97. The Bertz CT molecular complexity index is 718. The summed E-state index contributed by atoms with van der Waals surface area (Å²) < 4.78 is 1.72. The Morgan fingerprint density at radius 3 is 2.95 bits per heavy atom. The molecule has 0 amide bonds. The molecule has 0 aliphatic carbocycles.